The number of nitrogens with two attached hydrogens (primary N) is 2. The highest BCUT2D eigenvalue weighted by atomic mass is 19.2. The molecule has 1 unspecified atom stereocenters. The fourth-order valence-electron chi connectivity index (χ4n) is 5.76. The number of hydrazine groups is 1. The standard InChI is InChI=1S/C40H47F2N5O2/c1-5-46(36(26-31-18-20-34(41)35(42)25-31)28(2)45-23-21-29-12-7-6-8-13-29)39(49)37(47(44)38(48)16-11-22-40(3,4)43)27-30-17-19-32-14-9-10-15-33(32)24-30/h6-20,24-25,36-37,45H,2,5,21-23,26-27,43-44H2,1,3-4H3/b16-11+/t36?,37-/m1/s1. The number of fused-ring (bicyclic) bond motifs is 1. The lowest BCUT2D eigenvalue weighted by molar-refractivity contribution is -0.145. The summed E-state index contributed by atoms with van der Waals surface area (Å²) in [5.41, 5.74) is 8.52. The maximum atomic E-state index is 14.7. The van der Waals surface area contributed by atoms with Crippen LogP contribution in [0.3, 0.4) is 0 Å². The summed E-state index contributed by atoms with van der Waals surface area (Å²) in [7, 11) is 0. The van der Waals surface area contributed by atoms with Crippen LogP contribution in [-0.4, -0.2) is 52.4 Å². The molecule has 0 spiro atoms. The van der Waals surface area contributed by atoms with Gasteiger partial charge >= 0.3 is 0 Å². The van der Waals surface area contributed by atoms with E-state index < -0.39 is 41.1 Å². The van der Waals surface area contributed by atoms with E-state index in [1.807, 2.05) is 93.6 Å². The Kier molecular flexibility index (Phi) is 12.8. The zero-order valence-electron chi connectivity index (χ0n) is 28.5. The number of hydrogen-bond acceptors (Lipinski definition) is 5. The third-order valence-electron chi connectivity index (χ3n) is 8.45. The van der Waals surface area contributed by atoms with E-state index in [2.05, 4.69) is 11.9 Å². The molecular formula is C40H47F2N5O2. The lowest BCUT2D eigenvalue weighted by Gasteiger charge is -2.37. The number of nitrogens with zero attached hydrogens (tertiary/aromatic N) is 2. The van der Waals surface area contributed by atoms with Crippen molar-refractivity contribution >= 4 is 22.6 Å². The molecule has 4 aromatic rings. The van der Waals surface area contributed by atoms with Crippen LogP contribution in [0.1, 0.15) is 43.9 Å². The third-order valence-corrected chi connectivity index (χ3v) is 8.45. The molecule has 0 aliphatic heterocycles. The third kappa shape index (κ3) is 10.6. The van der Waals surface area contributed by atoms with E-state index in [0.29, 0.717) is 30.6 Å². The molecule has 0 bridgehead atoms. The van der Waals surface area contributed by atoms with Gasteiger partial charge in [0.15, 0.2) is 11.6 Å². The molecule has 0 aromatic heterocycles. The molecule has 0 saturated heterocycles. The predicted molar refractivity (Wildman–Crippen MR) is 193 cm³/mol. The highest BCUT2D eigenvalue weighted by Gasteiger charge is 2.35. The first-order chi connectivity index (χ1) is 23.4. The first-order valence-electron chi connectivity index (χ1n) is 16.6. The van der Waals surface area contributed by atoms with Gasteiger partial charge in [0.05, 0.1) is 6.04 Å². The molecule has 0 aliphatic carbocycles. The Balaban J connectivity index is 1.67. The summed E-state index contributed by atoms with van der Waals surface area (Å²) in [4.78, 5) is 29.7. The second kappa shape index (κ2) is 17.0. The topological polar surface area (TPSA) is 105 Å². The number of benzene rings is 4. The quantitative estimate of drug-likeness (QED) is 0.0570. The number of halogens is 2. The van der Waals surface area contributed by atoms with Crippen molar-refractivity contribution in [3.05, 3.63) is 144 Å². The summed E-state index contributed by atoms with van der Waals surface area (Å²) in [6.07, 6.45) is 4.43. The maximum absolute atomic E-state index is 14.7. The number of amides is 2. The van der Waals surface area contributed by atoms with Crippen LogP contribution in [0.5, 0.6) is 0 Å². The highest BCUT2D eigenvalue weighted by molar-refractivity contribution is 5.93. The van der Waals surface area contributed by atoms with E-state index in [9.17, 15) is 18.4 Å². The van der Waals surface area contributed by atoms with Crippen molar-refractivity contribution in [3.8, 4) is 0 Å². The van der Waals surface area contributed by atoms with Gasteiger partial charge in [0.1, 0.15) is 6.04 Å². The number of hydrogen-bond donors (Lipinski definition) is 3. The zero-order chi connectivity index (χ0) is 35.6. The van der Waals surface area contributed by atoms with Gasteiger partial charge in [-0.1, -0.05) is 91.5 Å². The Labute approximate surface area is 288 Å². The van der Waals surface area contributed by atoms with Gasteiger partial charge in [-0.15, -0.1) is 0 Å². The molecule has 49 heavy (non-hydrogen) atoms. The SMILES string of the molecule is C=C(NCCc1ccccc1)C(Cc1ccc(F)c(F)c1)N(CC)C(=O)[C@@H](Cc1ccc2ccccc2c1)N(N)C(=O)/C=C/CC(C)(C)N. The van der Waals surface area contributed by atoms with Gasteiger partial charge in [0.25, 0.3) is 5.91 Å². The Hall–Kier alpha value is -4.86. The van der Waals surface area contributed by atoms with Crippen molar-refractivity contribution in [1.82, 2.24) is 15.2 Å². The van der Waals surface area contributed by atoms with Gasteiger partial charge in [-0.2, -0.15) is 0 Å². The van der Waals surface area contributed by atoms with Crippen LogP contribution in [-0.2, 0) is 28.9 Å². The molecule has 258 valence electrons. The van der Waals surface area contributed by atoms with E-state index in [-0.39, 0.29) is 19.4 Å². The fourth-order valence-corrected chi connectivity index (χ4v) is 5.76. The molecule has 9 heteroatoms. The first kappa shape index (κ1) is 37.0. The largest absolute Gasteiger partial charge is 0.387 e. The number of carbonyl (C=O) groups is 2. The molecule has 4 rings (SSSR count). The molecular weight excluding hydrogens is 620 g/mol. The molecule has 0 fully saturated rings. The van der Waals surface area contributed by atoms with Gasteiger partial charge in [-0.3, -0.25) is 14.6 Å². The lowest BCUT2D eigenvalue weighted by atomic mass is 9.97. The molecule has 5 N–H and O–H groups in total. The summed E-state index contributed by atoms with van der Waals surface area (Å²) in [6, 6.07) is 25.6. The maximum Gasteiger partial charge on any atom is 0.260 e. The summed E-state index contributed by atoms with van der Waals surface area (Å²) in [5, 5.41) is 6.37. The molecule has 0 aliphatic rings. The van der Waals surface area contributed by atoms with Crippen LogP contribution in [0, 0.1) is 11.6 Å². The molecule has 0 heterocycles. The first-order valence-corrected chi connectivity index (χ1v) is 16.6. The van der Waals surface area contributed by atoms with Crippen molar-refractivity contribution in [1.29, 1.82) is 0 Å². The van der Waals surface area contributed by atoms with Crippen molar-refractivity contribution in [2.45, 2.75) is 64.1 Å². The van der Waals surface area contributed by atoms with E-state index >= 15 is 0 Å². The van der Waals surface area contributed by atoms with Crippen LogP contribution in [0.4, 0.5) is 8.78 Å². The monoisotopic (exact) mass is 667 g/mol. The molecule has 2 atom stereocenters. The van der Waals surface area contributed by atoms with Gasteiger partial charge in [0.2, 0.25) is 5.91 Å². The van der Waals surface area contributed by atoms with Crippen molar-refractivity contribution in [2.75, 3.05) is 13.1 Å². The van der Waals surface area contributed by atoms with Crippen molar-refractivity contribution in [2.24, 2.45) is 11.6 Å². The molecule has 0 saturated carbocycles. The summed E-state index contributed by atoms with van der Waals surface area (Å²) in [5.74, 6) is 3.62. The number of nitrogens with one attached hydrogen (secondary N) is 1. The average Bonchev–Trinajstić information content (AvgIpc) is 3.08. The number of carbonyl (C=O) groups excluding carboxylic acids is 2. The predicted octanol–water partition coefficient (Wildman–Crippen LogP) is 6.22. The van der Waals surface area contributed by atoms with Gasteiger partial charge in [-0.25, -0.2) is 14.6 Å². The summed E-state index contributed by atoms with van der Waals surface area (Å²) >= 11 is 0. The minimum Gasteiger partial charge on any atom is -0.387 e. The minimum absolute atomic E-state index is 0.143. The van der Waals surface area contributed by atoms with Crippen LogP contribution in [0.15, 0.2) is 115 Å². The molecule has 0 radical (unpaired) electrons. The van der Waals surface area contributed by atoms with E-state index in [4.69, 9.17) is 11.6 Å². The number of rotatable bonds is 16. The fraction of sp³-hybridized carbons (Fsp3) is 0.300. The normalized spacial score (nSPS) is 12.9. The van der Waals surface area contributed by atoms with E-state index in [1.165, 1.54) is 12.1 Å². The lowest BCUT2D eigenvalue weighted by Crippen LogP contribution is -2.57. The van der Waals surface area contributed by atoms with Gasteiger partial charge in [-0.05, 0) is 79.6 Å². The molecule has 7 nitrogen and oxygen atoms in total. The van der Waals surface area contributed by atoms with Crippen molar-refractivity contribution < 1.29 is 18.4 Å². The van der Waals surface area contributed by atoms with Crippen LogP contribution >= 0.6 is 0 Å². The minimum atomic E-state index is -1.09. The van der Waals surface area contributed by atoms with Crippen LogP contribution in [0.25, 0.3) is 10.8 Å². The van der Waals surface area contributed by atoms with Crippen molar-refractivity contribution in [3.63, 3.8) is 0 Å². The Bertz CT molecular complexity index is 1770. The number of likely N-dealkylation sites (N-methyl/N-ethyl adjacent to an activating group) is 1. The van der Waals surface area contributed by atoms with E-state index in [0.717, 1.165) is 39.0 Å². The smallest absolute Gasteiger partial charge is 0.260 e. The molecule has 4 aromatic carbocycles. The second-order valence-electron chi connectivity index (χ2n) is 13.0. The summed E-state index contributed by atoms with van der Waals surface area (Å²) < 4.78 is 28.2. The highest BCUT2D eigenvalue weighted by Crippen LogP contribution is 2.22. The molecule has 2 amide bonds. The second-order valence-corrected chi connectivity index (χ2v) is 13.0. The van der Waals surface area contributed by atoms with E-state index in [1.54, 1.807) is 11.0 Å². The van der Waals surface area contributed by atoms with Gasteiger partial charge < -0.3 is 16.0 Å². The Morgan fingerprint density at radius 3 is 2.16 bits per heavy atom. The Morgan fingerprint density at radius 2 is 1.49 bits per heavy atom. The van der Waals surface area contributed by atoms with Crippen LogP contribution in [0.2, 0.25) is 0 Å². The van der Waals surface area contributed by atoms with Crippen LogP contribution < -0.4 is 16.9 Å². The average molecular weight is 668 g/mol. The Morgan fingerprint density at radius 1 is 0.857 bits per heavy atom. The van der Waals surface area contributed by atoms with Gasteiger partial charge in [0, 0.05) is 36.8 Å². The zero-order valence-corrected chi connectivity index (χ0v) is 28.5. The summed E-state index contributed by atoms with van der Waals surface area (Å²) in [6.45, 7) is 10.6.